The van der Waals surface area contributed by atoms with E-state index < -0.39 is 12.0 Å². The number of hydrogen-bond donors (Lipinski definition) is 2. The lowest BCUT2D eigenvalue weighted by atomic mass is 10.1. The molecule has 0 bridgehead atoms. The topological polar surface area (TPSA) is 58.6 Å². The molecular formula is C10H11NO3. The van der Waals surface area contributed by atoms with Gasteiger partial charge in [-0.05, 0) is 24.6 Å². The van der Waals surface area contributed by atoms with Crippen molar-refractivity contribution in [2.45, 2.75) is 13.0 Å². The lowest BCUT2D eigenvalue weighted by molar-refractivity contribution is -0.138. The molecule has 2 rings (SSSR count). The van der Waals surface area contributed by atoms with Crippen LogP contribution in [0.5, 0.6) is 5.75 Å². The number of carboxylic acids is 1. The van der Waals surface area contributed by atoms with Crippen LogP contribution < -0.4 is 10.1 Å². The maximum Gasteiger partial charge on any atom is 0.329 e. The number of aryl methyl sites for hydroxylation is 1. The van der Waals surface area contributed by atoms with Gasteiger partial charge in [0.15, 0.2) is 6.04 Å². The Morgan fingerprint density at radius 1 is 1.64 bits per heavy atom. The lowest BCUT2D eigenvalue weighted by Gasteiger charge is -2.24. The van der Waals surface area contributed by atoms with Crippen LogP contribution in [0, 0.1) is 6.92 Å². The second kappa shape index (κ2) is 3.21. The summed E-state index contributed by atoms with van der Waals surface area (Å²) in [4.78, 5) is 10.7. The van der Waals surface area contributed by atoms with Gasteiger partial charge in [-0.1, -0.05) is 6.07 Å². The molecule has 0 fully saturated rings. The van der Waals surface area contributed by atoms with Gasteiger partial charge in [0.25, 0.3) is 0 Å². The van der Waals surface area contributed by atoms with E-state index in [1.807, 2.05) is 25.1 Å². The molecule has 1 unspecified atom stereocenters. The molecule has 1 aliphatic rings. The number of hydrogen-bond acceptors (Lipinski definition) is 3. The second-order valence-corrected chi connectivity index (χ2v) is 3.35. The molecule has 2 N–H and O–H groups in total. The SMILES string of the molecule is Cc1ccc2c(c1)OCC(C(=O)O)N2. The highest BCUT2D eigenvalue weighted by molar-refractivity contribution is 5.79. The van der Waals surface area contributed by atoms with Gasteiger partial charge in [-0.25, -0.2) is 4.79 Å². The van der Waals surface area contributed by atoms with E-state index in [0.717, 1.165) is 17.0 Å². The Balaban J connectivity index is 2.27. The van der Waals surface area contributed by atoms with Gasteiger partial charge >= 0.3 is 5.97 Å². The van der Waals surface area contributed by atoms with Crippen LogP contribution in [-0.4, -0.2) is 23.7 Å². The number of anilines is 1. The first-order valence-electron chi connectivity index (χ1n) is 4.39. The molecule has 0 radical (unpaired) electrons. The van der Waals surface area contributed by atoms with Crippen LogP contribution >= 0.6 is 0 Å². The predicted octanol–water partition coefficient (Wildman–Crippen LogP) is 1.25. The lowest BCUT2D eigenvalue weighted by Crippen LogP contribution is -2.38. The van der Waals surface area contributed by atoms with Crippen LogP contribution in [0.2, 0.25) is 0 Å². The molecule has 0 saturated heterocycles. The van der Waals surface area contributed by atoms with Crippen molar-refractivity contribution in [2.24, 2.45) is 0 Å². The van der Waals surface area contributed by atoms with E-state index in [4.69, 9.17) is 9.84 Å². The Kier molecular flexibility index (Phi) is 2.04. The first-order chi connectivity index (χ1) is 6.66. The van der Waals surface area contributed by atoms with Crippen molar-refractivity contribution in [3.05, 3.63) is 23.8 Å². The molecule has 0 spiro atoms. The molecular weight excluding hydrogens is 182 g/mol. The fourth-order valence-electron chi connectivity index (χ4n) is 1.40. The van der Waals surface area contributed by atoms with E-state index in [1.54, 1.807) is 0 Å². The predicted molar refractivity (Wildman–Crippen MR) is 51.7 cm³/mol. The Labute approximate surface area is 81.5 Å². The van der Waals surface area contributed by atoms with Gasteiger partial charge in [0.1, 0.15) is 12.4 Å². The third-order valence-corrected chi connectivity index (χ3v) is 2.17. The minimum absolute atomic E-state index is 0.172. The zero-order valence-electron chi connectivity index (χ0n) is 7.78. The maximum atomic E-state index is 10.7. The maximum absolute atomic E-state index is 10.7. The van der Waals surface area contributed by atoms with E-state index in [9.17, 15) is 4.79 Å². The van der Waals surface area contributed by atoms with Gasteiger partial charge in [-0.3, -0.25) is 0 Å². The number of carbonyl (C=O) groups is 1. The molecule has 0 aromatic heterocycles. The van der Waals surface area contributed by atoms with Crippen molar-refractivity contribution in [3.63, 3.8) is 0 Å². The van der Waals surface area contributed by atoms with Gasteiger partial charge < -0.3 is 15.2 Å². The molecule has 4 heteroatoms. The zero-order chi connectivity index (χ0) is 10.1. The number of fused-ring (bicyclic) bond motifs is 1. The van der Waals surface area contributed by atoms with Gasteiger partial charge in [0, 0.05) is 0 Å². The quantitative estimate of drug-likeness (QED) is 0.704. The first kappa shape index (κ1) is 8.87. The summed E-state index contributed by atoms with van der Waals surface area (Å²) in [6, 6.07) is 4.99. The van der Waals surface area contributed by atoms with Crippen LogP contribution in [0.25, 0.3) is 0 Å². The molecule has 1 aromatic rings. The van der Waals surface area contributed by atoms with E-state index in [2.05, 4.69) is 5.32 Å². The highest BCUT2D eigenvalue weighted by Gasteiger charge is 2.24. The molecule has 1 aliphatic heterocycles. The molecule has 4 nitrogen and oxygen atoms in total. The van der Waals surface area contributed by atoms with Gasteiger partial charge in [-0.2, -0.15) is 0 Å². The van der Waals surface area contributed by atoms with E-state index in [-0.39, 0.29) is 6.61 Å². The average Bonchev–Trinajstić information content (AvgIpc) is 2.16. The fraction of sp³-hybridized carbons (Fsp3) is 0.300. The molecule has 74 valence electrons. The number of rotatable bonds is 1. The Morgan fingerprint density at radius 3 is 3.14 bits per heavy atom. The summed E-state index contributed by atoms with van der Waals surface area (Å²) in [6.07, 6.45) is 0. The second-order valence-electron chi connectivity index (χ2n) is 3.35. The summed E-state index contributed by atoms with van der Waals surface area (Å²) >= 11 is 0. The minimum Gasteiger partial charge on any atom is -0.489 e. The van der Waals surface area contributed by atoms with Crippen LogP contribution in [0.1, 0.15) is 5.56 Å². The molecule has 1 aromatic carbocycles. The molecule has 14 heavy (non-hydrogen) atoms. The van der Waals surface area contributed by atoms with E-state index >= 15 is 0 Å². The summed E-state index contributed by atoms with van der Waals surface area (Å²) in [5.41, 5.74) is 1.84. The zero-order valence-corrected chi connectivity index (χ0v) is 7.78. The smallest absolute Gasteiger partial charge is 0.329 e. The van der Waals surface area contributed by atoms with Crippen molar-refractivity contribution >= 4 is 11.7 Å². The van der Waals surface area contributed by atoms with Crippen LogP contribution in [-0.2, 0) is 4.79 Å². The summed E-state index contributed by atoms with van der Waals surface area (Å²) < 4.78 is 5.33. The average molecular weight is 193 g/mol. The van der Waals surface area contributed by atoms with Crippen molar-refractivity contribution in [2.75, 3.05) is 11.9 Å². The Bertz CT molecular complexity index is 376. The number of benzene rings is 1. The van der Waals surface area contributed by atoms with Gasteiger partial charge in [0.2, 0.25) is 0 Å². The Morgan fingerprint density at radius 2 is 2.43 bits per heavy atom. The number of ether oxygens (including phenoxy) is 1. The van der Waals surface area contributed by atoms with Crippen LogP contribution in [0.4, 0.5) is 5.69 Å². The van der Waals surface area contributed by atoms with Crippen molar-refractivity contribution in [3.8, 4) is 5.75 Å². The van der Waals surface area contributed by atoms with E-state index in [1.165, 1.54) is 0 Å². The molecule has 0 amide bonds. The minimum atomic E-state index is -0.892. The van der Waals surface area contributed by atoms with Gasteiger partial charge in [-0.15, -0.1) is 0 Å². The highest BCUT2D eigenvalue weighted by atomic mass is 16.5. The number of nitrogens with one attached hydrogen (secondary N) is 1. The summed E-state index contributed by atoms with van der Waals surface area (Å²) in [6.45, 7) is 2.14. The summed E-state index contributed by atoms with van der Waals surface area (Å²) in [5, 5.41) is 11.7. The number of carboxylic acid groups (broad SMARTS) is 1. The number of aliphatic carboxylic acids is 1. The van der Waals surface area contributed by atoms with Crippen LogP contribution in [0.3, 0.4) is 0 Å². The summed E-state index contributed by atoms with van der Waals surface area (Å²) in [7, 11) is 0. The van der Waals surface area contributed by atoms with Crippen LogP contribution in [0.15, 0.2) is 18.2 Å². The van der Waals surface area contributed by atoms with Crippen molar-refractivity contribution < 1.29 is 14.6 Å². The van der Waals surface area contributed by atoms with Gasteiger partial charge in [0.05, 0.1) is 5.69 Å². The third kappa shape index (κ3) is 1.51. The largest absolute Gasteiger partial charge is 0.489 e. The Hall–Kier alpha value is -1.71. The molecule has 0 aliphatic carbocycles. The third-order valence-electron chi connectivity index (χ3n) is 2.17. The first-order valence-corrected chi connectivity index (χ1v) is 4.39. The summed E-state index contributed by atoms with van der Waals surface area (Å²) in [5.74, 6) is -0.168. The van der Waals surface area contributed by atoms with Crippen molar-refractivity contribution in [1.82, 2.24) is 0 Å². The molecule has 1 atom stereocenters. The fourth-order valence-corrected chi connectivity index (χ4v) is 1.40. The van der Waals surface area contributed by atoms with E-state index in [0.29, 0.717) is 0 Å². The molecule has 0 saturated carbocycles. The van der Waals surface area contributed by atoms with Crippen molar-refractivity contribution in [1.29, 1.82) is 0 Å². The highest BCUT2D eigenvalue weighted by Crippen LogP contribution is 2.29. The standard InChI is InChI=1S/C10H11NO3/c1-6-2-3-7-9(4-6)14-5-8(11-7)10(12)13/h2-4,8,11H,5H2,1H3,(H,12,13). The normalized spacial score (nSPS) is 19.1. The molecule has 1 heterocycles. The monoisotopic (exact) mass is 193 g/mol.